The van der Waals surface area contributed by atoms with Gasteiger partial charge in [0, 0.05) is 43.0 Å². The Bertz CT molecular complexity index is 863. The topological polar surface area (TPSA) is 72.9 Å². The fraction of sp³-hybridized carbons (Fsp3) is 0.435. The van der Waals surface area contributed by atoms with Crippen molar-refractivity contribution < 1.29 is 22.7 Å². The predicted molar refractivity (Wildman–Crippen MR) is 127 cm³/mol. The van der Waals surface area contributed by atoms with Gasteiger partial charge in [0.15, 0.2) is 9.84 Å². The van der Waals surface area contributed by atoms with Gasteiger partial charge in [0.05, 0.1) is 18.1 Å². The molecule has 2 rings (SSSR count). The molecule has 0 spiro atoms. The molecule has 8 heteroatoms. The van der Waals surface area contributed by atoms with Gasteiger partial charge in [-0.3, -0.25) is 4.79 Å². The summed E-state index contributed by atoms with van der Waals surface area (Å²) in [5.74, 6) is -0.227. The van der Waals surface area contributed by atoms with Crippen molar-refractivity contribution in [2.75, 3.05) is 52.0 Å². The standard InChI is InChI=1S/C16H25NO5S.C7H8S/c1-4-21-11-9-17(10-12-22-5-2)16(18)14-7-6-8-15(13-14)23(3,19)20;1-8-7-5-3-2-4-6-7/h6-8,13H,4-5,9-12H2,1-3H3;2-6H,1H3. The summed E-state index contributed by atoms with van der Waals surface area (Å²) in [5.41, 5.74) is 0.348. The van der Waals surface area contributed by atoms with Crippen LogP contribution in [0, 0.1) is 0 Å². The molecule has 31 heavy (non-hydrogen) atoms. The Balaban J connectivity index is 0.000000500. The summed E-state index contributed by atoms with van der Waals surface area (Å²) in [5, 5.41) is 0. The van der Waals surface area contributed by atoms with Crippen molar-refractivity contribution in [2.24, 2.45) is 0 Å². The predicted octanol–water partition coefficient (Wildman–Crippen LogP) is 4.01. The second-order valence-electron chi connectivity index (χ2n) is 6.50. The SMILES string of the molecule is CCOCCN(CCOCC)C(=O)c1cccc(S(C)(=O)=O)c1.CSc1ccccc1. The van der Waals surface area contributed by atoms with Crippen molar-refractivity contribution in [3.8, 4) is 0 Å². The molecule has 1 amide bonds. The average molecular weight is 468 g/mol. The fourth-order valence-electron chi connectivity index (χ4n) is 2.55. The second kappa shape index (κ2) is 15.0. The van der Waals surface area contributed by atoms with E-state index in [-0.39, 0.29) is 10.8 Å². The molecule has 2 aromatic carbocycles. The maximum absolute atomic E-state index is 12.6. The van der Waals surface area contributed by atoms with Crippen LogP contribution in [-0.2, 0) is 19.3 Å². The molecule has 0 heterocycles. The summed E-state index contributed by atoms with van der Waals surface area (Å²) in [6.45, 7) is 6.67. The lowest BCUT2D eigenvalue weighted by molar-refractivity contribution is 0.0550. The molecule has 0 saturated heterocycles. The third-order valence-corrected chi connectivity index (χ3v) is 6.05. The van der Waals surface area contributed by atoms with Gasteiger partial charge in [-0.2, -0.15) is 0 Å². The van der Waals surface area contributed by atoms with Crippen LogP contribution >= 0.6 is 11.8 Å². The average Bonchev–Trinajstić information content (AvgIpc) is 2.78. The zero-order valence-corrected chi connectivity index (χ0v) is 20.4. The maximum Gasteiger partial charge on any atom is 0.254 e. The minimum Gasteiger partial charge on any atom is -0.380 e. The number of hydrogen-bond donors (Lipinski definition) is 0. The van der Waals surface area contributed by atoms with E-state index in [0.717, 1.165) is 6.26 Å². The molecule has 0 saturated carbocycles. The van der Waals surface area contributed by atoms with Crippen LogP contribution in [0.5, 0.6) is 0 Å². The molecule has 0 aliphatic carbocycles. The largest absolute Gasteiger partial charge is 0.380 e. The summed E-state index contributed by atoms with van der Waals surface area (Å²) in [6.07, 6.45) is 3.20. The maximum atomic E-state index is 12.6. The number of rotatable bonds is 11. The van der Waals surface area contributed by atoms with Crippen molar-refractivity contribution in [2.45, 2.75) is 23.6 Å². The normalized spacial score (nSPS) is 10.8. The highest BCUT2D eigenvalue weighted by Gasteiger charge is 2.17. The molecule has 172 valence electrons. The Morgan fingerprint density at radius 2 is 1.52 bits per heavy atom. The van der Waals surface area contributed by atoms with Crippen molar-refractivity contribution in [3.63, 3.8) is 0 Å². The first kappa shape index (κ1) is 27.2. The Kier molecular flexibility index (Phi) is 13.2. The molecule has 0 fully saturated rings. The molecule has 0 N–H and O–H groups in total. The molecule has 0 aromatic heterocycles. The van der Waals surface area contributed by atoms with E-state index in [4.69, 9.17) is 9.47 Å². The quantitative estimate of drug-likeness (QED) is 0.367. The molecule has 0 aliphatic heterocycles. The van der Waals surface area contributed by atoms with Crippen molar-refractivity contribution in [1.29, 1.82) is 0 Å². The highest BCUT2D eigenvalue weighted by Crippen LogP contribution is 2.13. The van der Waals surface area contributed by atoms with Gasteiger partial charge in [-0.25, -0.2) is 8.42 Å². The van der Waals surface area contributed by atoms with E-state index in [0.29, 0.717) is 45.1 Å². The molecular weight excluding hydrogens is 434 g/mol. The van der Waals surface area contributed by atoms with Gasteiger partial charge in [-0.15, -0.1) is 11.8 Å². The summed E-state index contributed by atoms with van der Waals surface area (Å²) >= 11 is 1.77. The lowest BCUT2D eigenvalue weighted by Crippen LogP contribution is -2.36. The molecule has 0 aliphatic rings. The number of sulfone groups is 1. The van der Waals surface area contributed by atoms with Crippen LogP contribution in [0.4, 0.5) is 0 Å². The zero-order chi connectivity index (χ0) is 23.1. The molecule has 2 aromatic rings. The smallest absolute Gasteiger partial charge is 0.254 e. The van der Waals surface area contributed by atoms with Gasteiger partial charge in [0.25, 0.3) is 5.91 Å². The van der Waals surface area contributed by atoms with E-state index in [2.05, 4.69) is 18.4 Å². The Hall–Kier alpha value is -1.87. The Morgan fingerprint density at radius 1 is 0.935 bits per heavy atom. The first-order valence-corrected chi connectivity index (χ1v) is 13.3. The van der Waals surface area contributed by atoms with Gasteiger partial charge in [0.2, 0.25) is 0 Å². The number of amides is 1. The number of hydrogen-bond acceptors (Lipinski definition) is 6. The zero-order valence-electron chi connectivity index (χ0n) is 18.7. The third kappa shape index (κ3) is 10.8. The number of carbonyl (C=O) groups excluding carboxylic acids is 1. The molecule has 6 nitrogen and oxygen atoms in total. The molecule has 0 radical (unpaired) electrons. The van der Waals surface area contributed by atoms with Crippen LogP contribution in [0.2, 0.25) is 0 Å². The van der Waals surface area contributed by atoms with E-state index in [1.165, 1.54) is 17.0 Å². The second-order valence-corrected chi connectivity index (χ2v) is 9.40. The lowest BCUT2D eigenvalue weighted by Gasteiger charge is -2.22. The highest BCUT2D eigenvalue weighted by molar-refractivity contribution is 7.98. The number of nitrogens with zero attached hydrogens (tertiary/aromatic N) is 1. The van der Waals surface area contributed by atoms with Gasteiger partial charge in [-0.05, 0) is 50.4 Å². The Labute approximate surface area is 190 Å². The lowest BCUT2D eigenvalue weighted by atomic mass is 10.2. The minimum absolute atomic E-state index is 0.137. The van der Waals surface area contributed by atoms with Crippen LogP contribution in [0.1, 0.15) is 24.2 Å². The molecule has 0 unspecified atom stereocenters. The fourth-order valence-corrected chi connectivity index (χ4v) is 3.65. The van der Waals surface area contributed by atoms with E-state index in [1.807, 2.05) is 32.0 Å². The van der Waals surface area contributed by atoms with Crippen LogP contribution in [0.25, 0.3) is 0 Å². The van der Waals surface area contributed by atoms with Crippen LogP contribution in [0.3, 0.4) is 0 Å². The number of carbonyl (C=O) groups is 1. The summed E-state index contributed by atoms with van der Waals surface area (Å²) in [4.78, 5) is 15.7. The van der Waals surface area contributed by atoms with Crippen molar-refractivity contribution in [3.05, 3.63) is 60.2 Å². The highest BCUT2D eigenvalue weighted by atomic mass is 32.2. The van der Waals surface area contributed by atoms with Crippen molar-refractivity contribution >= 4 is 27.5 Å². The van der Waals surface area contributed by atoms with Crippen LogP contribution in [0.15, 0.2) is 64.4 Å². The van der Waals surface area contributed by atoms with Gasteiger partial charge in [0.1, 0.15) is 0 Å². The first-order valence-electron chi connectivity index (χ1n) is 10.2. The van der Waals surface area contributed by atoms with E-state index in [9.17, 15) is 13.2 Å². The van der Waals surface area contributed by atoms with Crippen LogP contribution < -0.4 is 0 Å². The summed E-state index contributed by atoms with van der Waals surface area (Å²) < 4.78 is 33.9. The summed E-state index contributed by atoms with van der Waals surface area (Å²) in [6, 6.07) is 16.4. The monoisotopic (exact) mass is 467 g/mol. The van der Waals surface area contributed by atoms with Gasteiger partial charge in [-0.1, -0.05) is 24.3 Å². The Morgan fingerprint density at radius 3 is 1.97 bits per heavy atom. The van der Waals surface area contributed by atoms with Crippen molar-refractivity contribution in [1.82, 2.24) is 4.90 Å². The van der Waals surface area contributed by atoms with E-state index < -0.39 is 9.84 Å². The number of ether oxygens (including phenoxy) is 2. The van der Waals surface area contributed by atoms with Crippen LogP contribution in [-0.4, -0.2) is 71.3 Å². The minimum atomic E-state index is -3.35. The number of thioether (sulfide) groups is 1. The van der Waals surface area contributed by atoms with Gasteiger partial charge < -0.3 is 14.4 Å². The molecule has 0 bridgehead atoms. The van der Waals surface area contributed by atoms with E-state index in [1.54, 1.807) is 28.8 Å². The summed E-state index contributed by atoms with van der Waals surface area (Å²) in [7, 11) is -3.35. The molecular formula is C23H33NO5S2. The molecule has 0 atom stereocenters. The van der Waals surface area contributed by atoms with Gasteiger partial charge >= 0.3 is 0 Å². The van der Waals surface area contributed by atoms with E-state index >= 15 is 0 Å². The number of benzene rings is 2. The first-order chi connectivity index (χ1) is 14.8. The third-order valence-electron chi connectivity index (χ3n) is 4.19.